The Morgan fingerprint density at radius 3 is 3.14 bits per heavy atom. The van der Waals surface area contributed by atoms with Crippen LogP contribution in [-0.4, -0.2) is 36.6 Å². The fourth-order valence-electron chi connectivity index (χ4n) is 3.56. The fraction of sp³-hybridized carbons (Fsp3) is 0.471. The summed E-state index contributed by atoms with van der Waals surface area (Å²) in [6, 6.07) is 8.71. The van der Waals surface area contributed by atoms with Crippen LogP contribution in [0.3, 0.4) is 0 Å². The highest BCUT2D eigenvalue weighted by atomic mass is 32.1. The fourth-order valence-corrected chi connectivity index (χ4v) is 4.56. The monoisotopic (exact) mass is 301 g/mol. The van der Waals surface area contributed by atoms with Gasteiger partial charge in [0.2, 0.25) is 0 Å². The van der Waals surface area contributed by atoms with Crippen molar-refractivity contribution in [3.63, 3.8) is 0 Å². The molecule has 4 rings (SSSR count). The minimum atomic E-state index is 0.189. The Hall–Kier alpha value is -1.39. The molecule has 0 aliphatic carbocycles. The molecule has 2 aliphatic heterocycles. The van der Waals surface area contributed by atoms with Crippen LogP contribution in [-0.2, 0) is 4.74 Å². The molecule has 0 bridgehead atoms. The number of piperidine rings is 1. The van der Waals surface area contributed by atoms with Crippen LogP contribution < -0.4 is 0 Å². The topological polar surface area (TPSA) is 29.5 Å². The third-order valence-electron chi connectivity index (χ3n) is 4.68. The molecular weight excluding hydrogens is 282 g/mol. The minimum Gasteiger partial charge on any atom is -0.379 e. The quantitative estimate of drug-likeness (QED) is 0.807. The summed E-state index contributed by atoms with van der Waals surface area (Å²) in [5, 5.41) is 1.18. The van der Waals surface area contributed by atoms with Gasteiger partial charge in [-0.05, 0) is 37.3 Å². The molecule has 2 aromatic rings. The molecule has 2 saturated heterocycles. The van der Waals surface area contributed by atoms with Crippen molar-refractivity contribution < 1.29 is 9.53 Å². The minimum absolute atomic E-state index is 0.189. The second-order valence-electron chi connectivity index (χ2n) is 6.16. The van der Waals surface area contributed by atoms with Gasteiger partial charge in [-0.1, -0.05) is 17.7 Å². The van der Waals surface area contributed by atoms with Crippen molar-refractivity contribution in [1.82, 2.24) is 4.90 Å². The Bertz CT molecular complexity index is 693. The Balaban J connectivity index is 1.66. The number of hydrogen-bond acceptors (Lipinski definition) is 3. The van der Waals surface area contributed by atoms with Gasteiger partial charge in [0, 0.05) is 17.2 Å². The van der Waals surface area contributed by atoms with Gasteiger partial charge in [-0.25, -0.2) is 0 Å². The lowest BCUT2D eigenvalue weighted by atomic mass is 9.92. The Labute approximate surface area is 128 Å². The smallest absolute Gasteiger partial charge is 0.264 e. The molecule has 1 aromatic carbocycles. The number of hydrogen-bond donors (Lipinski definition) is 0. The number of thiophene rings is 1. The molecule has 3 nitrogen and oxygen atoms in total. The van der Waals surface area contributed by atoms with E-state index >= 15 is 0 Å². The molecule has 110 valence electrons. The van der Waals surface area contributed by atoms with Crippen molar-refractivity contribution >= 4 is 27.3 Å². The number of likely N-dealkylation sites (tertiary alicyclic amines) is 1. The van der Waals surface area contributed by atoms with Gasteiger partial charge < -0.3 is 9.64 Å². The molecule has 0 N–H and O–H groups in total. The molecular formula is C17H19NO2S. The summed E-state index contributed by atoms with van der Waals surface area (Å²) in [6.07, 6.45) is 2.29. The highest BCUT2D eigenvalue weighted by molar-refractivity contribution is 7.20. The van der Waals surface area contributed by atoms with Gasteiger partial charge in [-0.15, -0.1) is 11.3 Å². The SMILES string of the molecule is Cc1ccc2sc(C(=O)N3CCC[C@H]4COC[C@H]43)cc2c1. The van der Waals surface area contributed by atoms with Crippen LogP contribution in [0.1, 0.15) is 28.1 Å². The van der Waals surface area contributed by atoms with E-state index in [9.17, 15) is 4.79 Å². The largest absolute Gasteiger partial charge is 0.379 e. The van der Waals surface area contributed by atoms with E-state index in [1.54, 1.807) is 11.3 Å². The number of aryl methyl sites for hydroxylation is 1. The molecule has 0 radical (unpaired) electrons. The lowest BCUT2D eigenvalue weighted by molar-refractivity contribution is 0.0564. The molecule has 3 heterocycles. The Kier molecular flexibility index (Phi) is 3.23. The summed E-state index contributed by atoms with van der Waals surface area (Å²) in [5.41, 5.74) is 1.24. The van der Waals surface area contributed by atoms with Crippen molar-refractivity contribution in [3.8, 4) is 0 Å². The first-order chi connectivity index (χ1) is 10.2. The van der Waals surface area contributed by atoms with Crippen LogP contribution in [0.15, 0.2) is 24.3 Å². The number of ether oxygens (including phenoxy) is 1. The third kappa shape index (κ3) is 2.27. The molecule has 1 amide bonds. The van der Waals surface area contributed by atoms with Gasteiger partial charge in [0.25, 0.3) is 5.91 Å². The Morgan fingerprint density at radius 2 is 2.24 bits per heavy atom. The predicted molar refractivity (Wildman–Crippen MR) is 84.9 cm³/mol. The predicted octanol–water partition coefficient (Wildman–Crippen LogP) is 3.46. The van der Waals surface area contributed by atoms with E-state index in [1.807, 2.05) is 0 Å². The second kappa shape index (κ2) is 5.11. The van der Waals surface area contributed by atoms with E-state index < -0.39 is 0 Å². The lowest BCUT2D eigenvalue weighted by Crippen LogP contribution is -2.47. The first kappa shape index (κ1) is 13.3. The maximum Gasteiger partial charge on any atom is 0.264 e. The van der Waals surface area contributed by atoms with Crippen molar-refractivity contribution in [2.45, 2.75) is 25.8 Å². The molecule has 2 fully saturated rings. The van der Waals surface area contributed by atoms with E-state index in [0.29, 0.717) is 12.5 Å². The molecule has 1 aromatic heterocycles. The molecule has 2 atom stereocenters. The van der Waals surface area contributed by atoms with Crippen molar-refractivity contribution in [3.05, 3.63) is 34.7 Å². The lowest BCUT2D eigenvalue weighted by Gasteiger charge is -2.36. The highest BCUT2D eigenvalue weighted by Crippen LogP contribution is 2.33. The number of carbonyl (C=O) groups excluding carboxylic acids is 1. The third-order valence-corrected chi connectivity index (χ3v) is 5.79. The van der Waals surface area contributed by atoms with Crippen molar-refractivity contribution in [2.24, 2.45) is 5.92 Å². The van der Waals surface area contributed by atoms with Crippen LogP contribution in [0, 0.1) is 12.8 Å². The number of nitrogens with zero attached hydrogens (tertiary/aromatic N) is 1. The summed E-state index contributed by atoms with van der Waals surface area (Å²) in [4.78, 5) is 15.8. The van der Waals surface area contributed by atoms with Gasteiger partial charge in [0.1, 0.15) is 0 Å². The maximum atomic E-state index is 12.9. The van der Waals surface area contributed by atoms with Gasteiger partial charge in [0.15, 0.2) is 0 Å². The second-order valence-corrected chi connectivity index (χ2v) is 7.24. The van der Waals surface area contributed by atoms with Gasteiger partial charge in [-0.3, -0.25) is 4.79 Å². The van der Waals surface area contributed by atoms with Crippen LogP contribution in [0.2, 0.25) is 0 Å². The summed E-state index contributed by atoms with van der Waals surface area (Å²) >= 11 is 1.61. The molecule has 21 heavy (non-hydrogen) atoms. The molecule has 0 spiro atoms. The van der Waals surface area contributed by atoms with Crippen LogP contribution in [0.4, 0.5) is 0 Å². The highest BCUT2D eigenvalue weighted by Gasteiger charge is 2.38. The molecule has 4 heteroatoms. The van der Waals surface area contributed by atoms with E-state index in [1.165, 1.54) is 22.1 Å². The summed E-state index contributed by atoms with van der Waals surface area (Å²) in [5.74, 6) is 0.730. The van der Waals surface area contributed by atoms with Crippen LogP contribution in [0.25, 0.3) is 10.1 Å². The molecule has 0 unspecified atom stereocenters. The average Bonchev–Trinajstić information content (AvgIpc) is 3.11. The van der Waals surface area contributed by atoms with E-state index in [-0.39, 0.29) is 11.9 Å². The molecule has 0 saturated carbocycles. The zero-order valence-electron chi connectivity index (χ0n) is 12.2. The van der Waals surface area contributed by atoms with E-state index in [0.717, 1.165) is 24.4 Å². The number of amides is 1. The van der Waals surface area contributed by atoms with Gasteiger partial charge in [-0.2, -0.15) is 0 Å². The normalized spacial score (nSPS) is 25.3. The summed E-state index contributed by atoms with van der Waals surface area (Å²) < 4.78 is 6.79. The zero-order chi connectivity index (χ0) is 14.4. The first-order valence-electron chi connectivity index (χ1n) is 7.61. The summed E-state index contributed by atoms with van der Waals surface area (Å²) in [6.45, 7) is 4.49. The standard InChI is InChI=1S/C17H19NO2S/c1-11-4-5-15-13(7-11)8-16(21-15)17(19)18-6-2-3-12-9-20-10-14(12)18/h4-5,7-8,12,14H,2-3,6,9-10H2,1H3/t12-,14+/m0/s1. The maximum absolute atomic E-state index is 12.9. The first-order valence-corrected chi connectivity index (χ1v) is 8.43. The number of rotatable bonds is 1. The molecule has 2 aliphatic rings. The number of carbonyl (C=O) groups is 1. The van der Waals surface area contributed by atoms with Crippen molar-refractivity contribution in [1.29, 1.82) is 0 Å². The van der Waals surface area contributed by atoms with Crippen LogP contribution >= 0.6 is 11.3 Å². The van der Waals surface area contributed by atoms with Crippen LogP contribution in [0.5, 0.6) is 0 Å². The van der Waals surface area contributed by atoms with E-state index in [2.05, 4.69) is 36.1 Å². The number of fused-ring (bicyclic) bond motifs is 2. The Morgan fingerprint density at radius 1 is 1.33 bits per heavy atom. The number of benzene rings is 1. The van der Waals surface area contributed by atoms with Gasteiger partial charge >= 0.3 is 0 Å². The van der Waals surface area contributed by atoms with Crippen molar-refractivity contribution in [2.75, 3.05) is 19.8 Å². The average molecular weight is 301 g/mol. The van der Waals surface area contributed by atoms with E-state index in [4.69, 9.17) is 4.74 Å². The summed E-state index contributed by atoms with van der Waals surface area (Å²) in [7, 11) is 0. The zero-order valence-corrected chi connectivity index (χ0v) is 13.0. The van der Waals surface area contributed by atoms with Gasteiger partial charge in [0.05, 0.1) is 24.1 Å².